The number of hydrogen-bond donors (Lipinski definition) is 0. The van der Waals surface area contributed by atoms with Crippen molar-refractivity contribution >= 4 is 11.5 Å². The number of Topliss-reactive ketones (excluding diaryl/α,β-unsaturated/α-hetero) is 1. The van der Waals surface area contributed by atoms with Crippen molar-refractivity contribution < 1.29 is 22.7 Å². The van der Waals surface area contributed by atoms with Crippen molar-refractivity contribution in [3.05, 3.63) is 58.9 Å². The molecule has 4 rings (SSSR count). The van der Waals surface area contributed by atoms with E-state index in [0.29, 0.717) is 25.2 Å². The molecule has 0 spiro atoms. The Hall–Kier alpha value is -2.41. The van der Waals surface area contributed by atoms with Gasteiger partial charge in [0, 0.05) is 42.9 Å². The fourth-order valence-electron chi connectivity index (χ4n) is 3.84. The number of aromatic nitrogens is 1. The number of morpholine rings is 1. The zero-order valence-corrected chi connectivity index (χ0v) is 14.6. The zero-order chi connectivity index (χ0) is 19.0. The normalized spacial score (nSPS) is 20.0. The third-order valence-electron chi connectivity index (χ3n) is 5.20. The van der Waals surface area contributed by atoms with E-state index >= 15 is 0 Å². The molecule has 1 fully saturated rings. The third-order valence-corrected chi connectivity index (χ3v) is 5.20. The molecule has 0 saturated carbocycles. The molecule has 1 aliphatic carbocycles. The van der Waals surface area contributed by atoms with Gasteiger partial charge in [-0.1, -0.05) is 0 Å². The molecular weight excluding hydrogens is 357 g/mol. The van der Waals surface area contributed by atoms with E-state index < -0.39 is 17.7 Å². The number of halogens is 3. The molecule has 0 radical (unpaired) electrons. The van der Waals surface area contributed by atoms with E-state index in [1.807, 2.05) is 12.1 Å². The van der Waals surface area contributed by atoms with E-state index in [4.69, 9.17) is 4.74 Å². The minimum Gasteiger partial charge on any atom is -0.378 e. The van der Waals surface area contributed by atoms with Gasteiger partial charge in [0.25, 0.3) is 0 Å². The second kappa shape index (κ2) is 6.96. The van der Waals surface area contributed by atoms with Crippen molar-refractivity contribution in [2.24, 2.45) is 5.92 Å². The molecule has 1 aromatic heterocycles. The molecule has 0 N–H and O–H groups in total. The highest BCUT2D eigenvalue weighted by atomic mass is 19.4. The van der Waals surface area contributed by atoms with Crippen molar-refractivity contribution in [1.82, 2.24) is 4.98 Å². The summed E-state index contributed by atoms with van der Waals surface area (Å²) in [7, 11) is 0. The number of benzene rings is 1. The van der Waals surface area contributed by atoms with Gasteiger partial charge in [-0.3, -0.25) is 9.78 Å². The lowest BCUT2D eigenvalue weighted by Crippen LogP contribution is -2.36. The minimum atomic E-state index is -4.47. The van der Waals surface area contributed by atoms with E-state index in [-0.39, 0.29) is 17.9 Å². The van der Waals surface area contributed by atoms with Crippen molar-refractivity contribution in [2.45, 2.75) is 19.0 Å². The summed E-state index contributed by atoms with van der Waals surface area (Å²) < 4.78 is 45.0. The highest BCUT2D eigenvalue weighted by Gasteiger charge is 2.37. The maximum atomic E-state index is 13.2. The Morgan fingerprint density at radius 1 is 1.19 bits per heavy atom. The molecule has 2 aromatic rings. The highest BCUT2D eigenvalue weighted by molar-refractivity contribution is 6.02. The number of fused-ring (bicyclic) bond motifs is 1. The fraction of sp³-hybridized carbons (Fsp3) is 0.400. The van der Waals surface area contributed by atoms with Gasteiger partial charge in [0.05, 0.1) is 24.5 Å². The van der Waals surface area contributed by atoms with Gasteiger partial charge in [0.1, 0.15) is 0 Å². The van der Waals surface area contributed by atoms with Gasteiger partial charge in [-0.2, -0.15) is 13.2 Å². The molecular formula is C20H19F3N2O2. The van der Waals surface area contributed by atoms with Gasteiger partial charge in [0.15, 0.2) is 5.78 Å². The van der Waals surface area contributed by atoms with E-state index in [0.717, 1.165) is 30.4 Å². The summed E-state index contributed by atoms with van der Waals surface area (Å²) in [6.45, 7) is 2.91. The minimum absolute atomic E-state index is 0.00388. The summed E-state index contributed by atoms with van der Waals surface area (Å²) in [6.07, 6.45) is -2.69. The van der Waals surface area contributed by atoms with E-state index in [9.17, 15) is 18.0 Å². The molecule has 0 amide bonds. The summed E-state index contributed by atoms with van der Waals surface area (Å²) in [5, 5.41) is 0. The first kappa shape index (κ1) is 18.0. The van der Waals surface area contributed by atoms with E-state index in [2.05, 4.69) is 9.88 Å². The monoisotopic (exact) mass is 376 g/mol. The van der Waals surface area contributed by atoms with E-state index in [1.165, 1.54) is 12.3 Å². The predicted octanol–water partition coefficient (Wildman–Crippen LogP) is 3.53. The molecule has 27 heavy (non-hydrogen) atoms. The van der Waals surface area contributed by atoms with Crippen LogP contribution >= 0.6 is 0 Å². The maximum Gasteiger partial charge on any atom is 0.418 e. The number of nitrogens with zero attached hydrogens (tertiary/aromatic N) is 2. The molecule has 4 nitrogen and oxygen atoms in total. The van der Waals surface area contributed by atoms with Crippen LogP contribution < -0.4 is 4.90 Å². The van der Waals surface area contributed by atoms with Crippen LogP contribution in [0.25, 0.3) is 0 Å². The van der Waals surface area contributed by atoms with Gasteiger partial charge in [0.2, 0.25) is 0 Å². The first-order valence-corrected chi connectivity index (χ1v) is 8.94. The van der Waals surface area contributed by atoms with E-state index in [1.54, 1.807) is 6.07 Å². The molecule has 2 heterocycles. The third kappa shape index (κ3) is 3.56. The van der Waals surface area contributed by atoms with Crippen LogP contribution in [-0.2, 0) is 23.8 Å². The summed E-state index contributed by atoms with van der Waals surface area (Å²) in [5.41, 5.74) is 1.71. The number of carbonyl (C=O) groups excluding carboxylic acids is 1. The number of ketones is 1. The first-order chi connectivity index (χ1) is 12.9. The van der Waals surface area contributed by atoms with Crippen molar-refractivity contribution in [3.8, 4) is 0 Å². The fourth-order valence-corrected chi connectivity index (χ4v) is 3.84. The molecule has 1 saturated heterocycles. The molecule has 142 valence electrons. The van der Waals surface area contributed by atoms with Crippen LogP contribution in [-0.4, -0.2) is 37.1 Å². The summed E-state index contributed by atoms with van der Waals surface area (Å²) >= 11 is 0. The standard InChI is InChI=1S/C20H19F3N2O2/c21-20(22,23)17-2-1-5-24-18(17)12-14-10-13-11-15(3-4-16(13)19(14)26)25-6-8-27-9-7-25/h1-5,11,14H,6-10,12H2. The lowest BCUT2D eigenvalue weighted by atomic mass is 9.96. The average Bonchev–Trinajstić information content (AvgIpc) is 2.97. The number of carbonyl (C=O) groups is 1. The Labute approximate surface area is 155 Å². The molecule has 7 heteroatoms. The molecule has 0 bridgehead atoms. The molecule has 2 aliphatic rings. The largest absolute Gasteiger partial charge is 0.418 e. The Balaban J connectivity index is 1.56. The smallest absolute Gasteiger partial charge is 0.378 e. The SMILES string of the molecule is O=C1c2ccc(N3CCOCC3)cc2CC1Cc1ncccc1C(F)(F)F. The Kier molecular flexibility index (Phi) is 4.63. The number of alkyl halides is 3. The van der Waals surface area contributed by atoms with Crippen LogP contribution in [0.3, 0.4) is 0 Å². The molecule has 1 aromatic carbocycles. The van der Waals surface area contributed by atoms with Gasteiger partial charge in [-0.25, -0.2) is 0 Å². The lowest BCUT2D eigenvalue weighted by molar-refractivity contribution is -0.138. The van der Waals surface area contributed by atoms with Gasteiger partial charge < -0.3 is 9.64 Å². The van der Waals surface area contributed by atoms with Crippen LogP contribution in [0.5, 0.6) is 0 Å². The van der Waals surface area contributed by atoms with Crippen molar-refractivity contribution in [3.63, 3.8) is 0 Å². The van der Waals surface area contributed by atoms with Crippen LogP contribution in [0.2, 0.25) is 0 Å². The Morgan fingerprint density at radius 2 is 1.96 bits per heavy atom. The summed E-state index contributed by atoms with van der Waals surface area (Å²) in [5.74, 6) is -0.603. The quantitative estimate of drug-likeness (QED) is 0.822. The topological polar surface area (TPSA) is 42.4 Å². The van der Waals surface area contributed by atoms with Crippen LogP contribution in [0.1, 0.15) is 27.2 Å². The second-order valence-corrected chi connectivity index (χ2v) is 6.91. The number of hydrogen-bond acceptors (Lipinski definition) is 4. The summed E-state index contributed by atoms with van der Waals surface area (Å²) in [6, 6.07) is 7.98. The number of ether oxygens (including phenoxy) is 1. The van der Waals surface area contributed by atoms with Crippen molar-refractivity contribution in [2.75, 3.05) is 31.2 Å². The van der Waals surface area contributed by atoms with Gasteiger partial charge >= 0.3 is 6.18 Å². The molecule has 1 aliphatic heterocycles. The lowest BCUT2D eigenvalue weighted by Gasteiger charge is -2.29. The molecule has 1 atom stereocenters. The van der Waals surface area contributed by atoms with Crippen LogP contribution in [0.15, 0.2) is 36.5 Å². The maximum absolute atomic E-state index is 13.2. The zero-order valence-electron chi connectivity index (χ0n) is 14.6. The summed E-state index contributed by atoms with van der Waals surface area (Å²) in [4.78, 5) is 18.8. The average molecular weight is 376 g/mol. The number of anilines is 1. The Morgan fingerprint density at radius 3 is 2.70 bits per heavy atom. The second-order valence-electron chi connectivity index (χ2n) is 6.91. The van der Waals surface area contributed by atoms with Gasteiger partial charge in [-0.05, 0) is 42.3 Å². The van der Waals surface area contributed by atoms with Crippen LogP contribution in [0, 0.1) is 5.92 Å². The number of pyridine rings is 1. The highest BCUT2D eigenvalue weighted by Crippen LogP contribution is 2.36. The van der Waals surface area contributed by atoms with Crippen molar-refractivity contribution in [1.29, 1.82) is 0 Å². The Bertz CT molecular complexity index is 861. The van der Waals surface area contributed by atoms with Crippen LogP contribution in [0.4, 0.5) is 18.9 Å². The first-order valence-electron chi connectivity index (χ1n) is 8.94. The number of rotatable bonds is 3. The predicted molar refractivity (Wildman–Crippen MR) is 93.9 cm³/mol. The van der Waals surface area contributed by atoms with Gasteiger partial charge in [-0.15, -0.1) is 0 Å². The molecule has 1 unspecified atom stereocenters.